The molecule has 0 bridgehead atoms. The van der Waals surface area contributed by atoms with E-state index in [0.717, 1.165) is 12.8 Å². The second-order valence-electron chi connectivity index (χ2n) is 2.90. The van der Waals surface area contributed by atoms with E-state index in [-0.39, 0.29) is 0 Å². The third-order valence-electron chi connectivity index (χ3n) is 2.07. The summed E-state index contributed by atoms with van der Waals surface area (Å²) in [4.78, 5) is 10.7. The van der Waals surface area contributed by atoms with Crippen LogP contribution in [0.5, 0.6) is 0 Å². The van der Waals surface area contributed by atoms with Gasteiger partial charge in [-0.25, -0.2) is 0 Å². The Morgan fingerprint density at radius 3 is 1.75 bits per heavy atom. The Balaban J connectivity index is 2.51. The lowest BCUT2D eigenvalue weighted by Crippen LogP contribution is -1.95. The van der Waals surface area contributed by atoms with Crippen molar-refractivity contribution in [1.82, 2.24) is 0 Å². The number of carbonyl (C=O) groups is 1. The van der Waals surface area contributed by atoms with Crippen LogP contribution in [0.2, 0.25) is 0 Å². The van der Waals surface area contributed by atoms with Crippen LogP contribution in [0.1, 0.15) is 26.7 Å². The number of hydrogen-bond acceptors (Lipinski definition) is 1. The van der Waals surface area contributed by atoms with E-state index in [1.807, 2.05) is 0 Å². The van der Waals surface area contributed by atoms with E-state index in [1.54, 1.807) is 0 Å². The fourth-order valence-corrected chi connectivity index (χ4v) is 1.20. The van der Waals surface area contributed by atoms with Gasteiger partial charge < -0.3 is 0 Å². The summed E-state index contributed by atoms with van der Waals surface area (Å²) in [5, 5.41) is 0. The highest BCUT2D eigenvalue weighted by atomic mass is 16.1. The first-order valence-electron chi connectivity index (χ1n) is 3.22. The standard InChI is InChI=1S/C7H12O/c1-5-3-7(8)4-6(5)2/h5-6H,3-4H2,1-2H3/t5-,6+. The third-order valence-corrected chi connectivity index (χ3v) is 2.07. The van der Waals surface area contributed by atoms with Gasteiger partial charge in [-0.1, -0.05) is 13.8 Å². The van der Waals surface area contributed by atoms with Crippen molar-refractivity contribution < 1.29 is 4.79 Å². The molecule has 1 fully saturated rings. The van der Waals surface area contributed by atoms with Crippen LogP contribution in [0, 0.1) is 11.8 Å². The molecule has 0 amide bonds. The molecular weight excluding hydrogens is 100 g/mol. The van der Waals surface area contributed by atoms with E-state index in [2.05, 4.69) is 13.8 Å². The molecule has 1 aliphatic rings. The van der Waals surface area contributed by atoms with Crippen molar-refractivity contribution in [2.75, 3.05) is 0 Å². The Bertz CT molecular complexity index is 95.0. The van der Waals surface area contributed by atoms with Gasteiger partial charge in [-0.05, 0) is 11.8 Å². The van der Waals surface area contributed by atoms with Crippen LogP contribution < -0.4 is 0 Å². The Morgan fingerprint density at radius 1 is 1.25 bits per heavy atom. The molecular formula is C7H12O. The summed E-state index contributed by atoms with van der Waals surface area (Å²) in [6.45, 7) is 4.30. The predicted molar refractivity (Wildman–Crippen MR) is 32.6 cm³/mol. The van der Waals surface area contributed by atoms with Gasteiger partial charge >= 0.3 is 0 Å². The number of Topliss-reactive ketones (excluding diaryl/α,β-unsaturated/α-hetero) is 1. The minimum atomic E-state index is 0.449. The molecule has 0 N–H and O–H groups in total. The Labute approximate surface area is 50.1 Å². The van der Waals surface area contributed by atoms with Crippen LogP contribution >= 0.6 is 0 Å². The van der Waals surface area contributed by atoms with Crippen LogP contribution in [0.4, 0.5) is 0 Å². The van der Waals surface area contributed by atoms with Gasteiger partial charge in [-0.3, -0.25) is 4.79 Å². The van der Waals surface area contributed by atoms with Crippen LogP contribution in [-0.4, -0.2) is 5.78 Å². The van der Waals surface area contributed by atoms with Crippen molar-refractivity contribution in [2.45, 2.75) is 26.7 Å². The molecule has 0 radical (unpaired) electrons. The summed E-state index contributed by atoms with van der Waals surface area (Å²) >= 11 is 0. The van der Waals surface area contributed by atoms with Crippen molar-refractivity contribution >= 4 is 5.78 Å². The molecule has 1 rings (SSSR count). The average Bonchev–Trinajstić information content (AvgIpc) is 1.85. The average molecular weight is 112 g/mol. The highest BCUT2D eigenvalue weighted by Gasteiger charge is 2.25. The minimum absolute atomic E-state index is 0.449. The zero-order valence-corrected chi connectivity index (χ0v) is 5.48. The molecule has 0 unspecified atom stereocenters. The maximum Gasteiger partial charge on any atom is 0.133 e. The predicted octanol–water partition coefficient (Wildman–Crippen LogP) is 1.62. The first-order chi connectivity index (χ1) is 3.70. The summed E-state index contributed by atoms with van der Waals surface area (Å²) in [7, 11) is 0. The van der Waals surface area contributed by atoms with Crippen molar-refractivity contribution in [3.8, 4) is 0 Å². The van der Waals surface area contributed by atoms with Crippen LogP contribution in [0.25, 0.3) is 0 Å². The molecule has 0 aromatic heterocycles. The van der Waals surface area contributed by atoms with Crippen molar-refractivity contribution in [3.63, 3.8) is 0 Å². The molecule has 1 heteroatoms. The van der Waals surface area contributed by atoms with Crippen molar-refractivity contribution in [3.05, 3.63) is 0 Å². The molecule has 0 aromatic rings. The molecule has 0 heterocycles. The zero-order chi connectivity index (χ0) is 6.15. The van der Waals surface area contributed by atoms with E-state index in [4.69, 9.17) is 0 Å². The highest BCUT2D eigenvalue weighted by molar-refractivity contribution is 5.80. The van der Waals surface area contributed by atoms with Crippen molar-refractivity contribution in [2.24, 2.45) is 11.8 Å². The topological polar surface area (TPSA) is 17.1 Å². The molecule has 1 saturated carbocycles. The number of ketones is 1. The SMILES string of the molecule is C[C@@H]1CC(=O)C[C@@H]1C. The maximum atomic E-state index is 10.7. The van der Waals surface area contributed by atoms with E-state index >= 15 is 0 Å². The Morgan fingerprint density at radius 2 is 1.62 bits per heavy atom. The Kier molecular flexibility index (Phi) is 1.37. The Hall–Kier alpha value is -0.330. The van der Waals surface area contributed by atoms with E-state index in [9.17, 15) is 4.79 Å². The van der Waals surface area contributed by atoms with Gasteiger partial charge in [-0.2, -0.15) is 0 Å². The van der Waals surface area contributed by atoms with Crippen LogP contribution in [0.3, 0.4) is 0 Å². The zero-order valence-electron chi connectivity index (χ0n) is 5.48. The molecule has 2 atom stereocenters. The first-order valence-corrected chi connectivity index (χ1v) is 3.22. The third kappa shape index (κ3) is 0.908. The van der Waals surface area contributed by atoms with Gasteiger partial charge in [0.15, 0.2) is 0 Å². The van der Waals surface area contributed by atoms with Gasteiger partial charge in [-0.15, -0.1) is 0 Å². The monoisotopic (exact) mass is 112 g/mol. The smallest absolute Gasteiger partial charge is 0.133 e. The second kappa shape index (κ2) is 1.88. The van der Waals surface area contributed by atoms with Gasteiger partial charge in [0, 0.05) is 12.8 Å². The van der Waals surface area contributed by atoms with E-state index in [1.165, 1.54) is 0 Å². The van der Waals surface area contributed by atoms with Crippen molar-refractivity contribution in [1.29, 1.82) is 0 Å². The second-order valence-corrected chi connectivity index (χ2v) is 2.90. The first kappa shape index (κ1) is 5.80. The van der Waals surface area contributed by atoms with E-state index in [0.29, 0.717) is 17.6 Å². The largest absolute Gasteiger partial charge is 0.300 e. The van der Waals surface area contributed by atoms with Crippen LogP contribution in [-0.2, 0) is 4.79 Å². The highest BCUT2D eigenvalue weighted by Crippen LogP contribution is 2.27. The minimum Gasteiger partial charge on any atom is -0.300 e. The lowest BCUT2D eigenvalue weighted by molar-refractivity contribution is -0.117. The molecule has 0 aliphatic heterocycles. The van der Waals surface area contributed by atoms with Crippen LogP contribution in [0.15, 0.2) is 0 Å². The molecule has 0 spiro atoms. The van der Waals surface area contributed by atoms with Gasteiger partial charge in [0.1, 0.15) is 5.78 Å². The number of rotatable bonds is 0. The molecule has 0 saturated heterocycles. The summed E-state index contributed by atoms with van der Waals surface area (Å²) in [6.07, 6.45) is 1.64. The summed E-state index contributed by atoms with van der Waals surface area (Å²) in [5.41, 5.74) is 0. The molecule has 0 aromatic carbocycles. The number of carbonyl (C=O) groups excluding carboxylic acids is 1. The summed E-state index contributed by atoms with van der Waals surface area (Å²) in [6, 6.07) is 0. The summed E-state index contributed by atoms with van der Waals surface area (Å²) in [5.74, 6) is 1.73. The number of hydrogen-bond donors (Lipinski definition) is 0. The van der Waals surface area contributed by atoms with Gasteiger partial charge in [0.05, 0.1) is 0 Å². The van der Waals surface area contributed by atoms with Gasteiger partial charge in [0.2, 0.25) is 0 Å². The quantitative estimate of drug-likeness (QED) is 0.465. The van der Waals surface area contributed by atoms with Gasteiger partial charge in [0.25, 0.3) is 0 Å². The lowest BCUT2D eigenvalue weighted by Gasteiger charge is -2.03. The molecule has 1 aliphatic carbocycles. The fourth-order valence-electron chi connectivity index (χ4n) is 1.20. The maximum absolute atomic E-state index is 10.7. The van der Waals surface area contributed by atoms with E-state index < -0.39 is 0 Å². The fraction of sp³-hybridized carbons (Fsp3) is 0.857. The normalized spacial score (nSPS) is 38.5. The molecule has 46 valence electrons. The lowest BCUT2D eigenvalue weighted by atomic mass is 10.0. The molecule has 8 heavy (non-hydrogen) atoms. The summed E-state index contributed by atoms with van der Waals surface area (Å²) < 4.78 is 0. The molecule has 1 nitrogen and oxygen atoms in total.